The van der Waals surface area contributed by atoms with Gasteiger partial charge in [-0.25, -0.2) is 0 Å². The number of fused-ring (bicyclic) bond motifs is 1. The summed E-state index contributed by atoms with van der Waals surface area (Å²) in [5.74, 6) is -0.0671. The van der Waals surface area contributed by atoms with Crippen LogP contribution in [-0.2, 0) is 17.8 Å². The minimum Gasteiger partial charge on any atom is -0.489 e. The molecule has 0 saturated carbocycles. The van der Waals surface area contributed by atoms with E-state index < -0.39 is 11.2 Å². The maximum Gasteiger partial charge on any atom is 0.317 e. The Labute approximate surface area is 179 Å². The fourth-order valence-electron chi connectivity index (χ4n) is 3.14. The quantitative estimate of drug-likeness (QED) is 0.380. The number of aromatic nitrogens is 1. The predicted octanol–water partition coefficient (Wildman–Crippen LogP) is 5.60. The molecule has 1 heterocycles. The van der Waals surface area contributed by atoms with E-state index in [1.54, 1.807) is 0 Å². The van der Waals surface area contributed by atoms with Crippen LogP contribution in [0.1, 0.15) is 11.1 Å². The monoisotopic (exact) mass is 415 g/mol. The second-order valence-electron chi connectivity index (χ2n) is 6.93. The van der Waals surface area contributed by atoms with Gasteiger partial charge in [-0.15, -0.1) is 11.8 Å². The lowest BCUT2D eigenvalue weighted by molar-refractivity contribution is -0.136. The molecule has 1 N–H and O–H groups in total. The van der Waals surface area contributed by atoms with E-state index in [9.17, 15) is 9.90 Å². The smallest absolute Gasteiger partial charge is 0.317 e. The van der Waals surface area contributed by atoms with E-state index >= 15 is 0 Å². The highest BCUT2D eigenvalue weighted by molar-refractivity contribution is 8.00. The molecule has 1 aromatic heterocycles. The molecular weight excluding hydrogens is 394 g/mol. The number of benzene rings is 3. The topological polar surface area (TPSA) is 59.4 Å². The van der Waals surface area contributed by atoms with E-state index in [0.29, 0.717) is 13.0 Å². The zero-order valence-electron chi connectivity index (χ0n) is 16.3. The van der Waals surface area contributed by atoms with Crippen molar-refractivity contribution in [3.05, 3.63) is 102 Å². The van der Waals surface area contributed by atoms with Crippen LogP contribution < -0.4 is 4.74 Å². The van der Waals surface area contributed by atoms with Gasteiger partial charge in [0.25, 0.3) is 0 Å². The Bertz CT molecular complexity index is 1130. The zero-order chi connectivity index (χ0) is 20.8. The largest absolute Gasteiger partial charge is 0.489 e. The van der Waals surface area contributed by atoms with Crippen LogP contribution in [0.3, 0.4) is 0 Å². The van der Waals surface area contributed by atoms with Crippen LogP contribution in [0.2, 0.25) is 0 Å². The van der Waals surface area contributed by atoms with Crippen molar-refractivity contribution in [3.8, 4) is 5.75 Å². The van der Waals surface area contributed by atoms with Crippen LogP contribution in [-0.4, -0.2) is 21.3 Å². The summed E-state index contributed by atoms with van der Waals surface area (Å²) in [7, 11) is 0. The molecular formula is C25H21NO3S. The average molecular weight is 416 g/mol. The highest BCUT2D eigenvalue weighted by Crippen LogP contribution is 2.26. The van der Waals surface area contributed by atoms with Gasteiger partial charge in [-0.3, -0.25) is 9.78 Å². The lowest BCUT2D eigenvalue weighted by atomic mass is 10.1. The maximum absolute atomic E-state index is 11.7. The molecule has 30 heavy (non-hydrogen) atoms. The molecule has 0 saturated heterocycles. The molecule has 1 atom stereocenters. The summed E-state index contributed by atoms with van der Waals surface area (Å²) in [6.45, 7) is 0.429. The van der Waals surface area contributed by atoms with Gasteiger partial charge in [0.1, 0.15) is 17.6 Å². The second-order valence-corrected chi connectivity index (χ2v) is 8.21. The molecule has 0 radical (unpaired) electrons. The summed E-state index contributed by atoms with van der Waals surface area (Å²) in [5.41, 5.74) is 2.93. The molecule has 150 valence electrons. The standard InChI is InChI=1S/C25H21NO3S/c27-25(28)24(30-22-7-2-1-3-8-22)15-18-10-12-21(13-11-18)29-17-19-14-20-6-4-5-9-23(20)26-16-19/h1-14,16,24H,15,17H2,(H,27,28). The van der Waals surface area contributed by atoms with Gasteiger partial charge in [-0.05, 0) is 48.4 Å². The number of carboxylic acids is 1. The SMILES string of the molecule is O=C(O)C(Cc1ccc(OCc2cnc3ccccc3c2)cc1)Sc1ccccc1. The van der Waals surface area contributed by atoms with Gasteiger partial charge < -0.3 is 9.84 Å². The maximum atomic E-state index is 11.7. The molecule has 0 aliphatic carbocycles. The average Bonchev–Trinajstić information content (AvgIpc) is 2.78. The van der Waals surface area contributed by atoms with Crippen LogP contribution in [0.25, 0.3) is 10.9 Å². The third-order valence-electron chi connectivity index (χ3n) is 4.69. The molecule has 0 spiro atoms. The number of carbonyl (C=O) groups is 1. The molecule has 4 rings (SSSR count). The first-order chi connectivity index (χ1) is 14.7. The number of thioether (sulfide) groups is 1. The molecule has 0 aliphatic rings. The molecule has 3 aromatic carbocycles. The summed E-state index contributed by atoms with van der Waals surface area (Å²) >= 11 is 1.37. The summed E-state index contributed by atoms with van der Waals surface area (Å²) in [6, 6.07) is 27.3. The molecule has 5 heteroatoms. The fourth-order valence-corrected chi connectivity index (χ4v) is 4.16. The van der Waals surface area contributed by atoms with Gasteiger partial charge in [-0.2, -0.15) is 0 Å². The Morgan fingerprint density at radius 2 is 1.67 bits per heavy atom. The molecule has 0 amide bonds. The molecule has 0 fully saturated rings. The first-order valence-electron chi connectivity index (χ1n) is 9.67. The minimum atomic E-state index is -0.812. The Morgan fingerprint density at radius 1 is 0.933 bits per heavy atom. The molecule has 0 bridgehead atoms. The van der Waals surface area contributed by atoms with E-state index in [0.717, 1.165) is 32.7 Å². The highest BCUT2D eigenvalue weighted by atomic mass is 32.2. The number of ether oxygens (including phenoxy) is 1. The van der Waals surface area contributed by atoms with Gasteiger partial charge in [0.05, 0.1) is 5.52 Å². The van der Waals surface area contributed by atoms with E-state index in [1.165, 1.54) is 11.8 Å². The van der Waals surface area contributed by atoms with Gasteiger partial charge in [0, 0.05) is 22.0 Å². The van der Waals surface area contributed by atoms with Gasteiger partial charge in [0.15, 0.2) is 0 Å². The van der Waals surface area contributed by atoms with Crippen LogP contribution in [0, 0.1) is 0 Å². The summed E-state index contributed by atoms with van der Waals surface area (Å²) in [5, 5.41) is 10.1. The number of nitrogens with zero attached hydrogens (tertiary/aromatic N) is 1. The minimum absolute atomic E-state index is 0.429. The van der Waals surface area contributed by atoms with Crippen molar-refractivity contribution in [2.45, 2.75) is 23.2 Å². The molecule has 0 aliphatic heterocycles. The van der Waals surface area contributed by atoms with Crippen molar-refractivity contribution in [2.75, 3.05) is 0 Å². The van der Waals surface area contributed by atoms with Gasteiger partial charge >= 0.3 is 5.97 Å². The number of rotatable bonds is 8. The van der Waals surface area contributed by atoms with E-state index in [-0.39, 0.29) is 0 Å². The van der Waals surface area contributed by atoms with Gasteiger partial charge in [-0.1, -0.05) is 48.5 Å². The van der Waals surface area contributed by atoms with E-state index in [2.05, 4.69) is 11.1 Å². The third-order valence-corrected chi connectivity index (χ3v) is 5.89. The zero-order valence-corrected chi connectivity index (χ0v) is 17.1. The predicted molar refractivity (Wildman–Crippen MR) is 120 cm³/mol. The van der Waals surface area contributed by atoms with Crippen LogP contribution in [0.4, 0.5) is 0 Å². The van der Waals surface area contributed by atoms with Crippen molar-refractivity contribution in [2.24, 2.45) is 0 Å². The second kappa shape index (κ2) is 9.46. The summed E-state index contributed by atoms with van der Waals surface area (Å²) < 4.78 is 5.88. The molecule has 1 unspecified atom stereocenters. The van der Waals surface area contributed by atoms with Crippen molar-refractivity contribution >= 4 is 28.6 Å². The fraction of sp³-hybridized carbons (Fsp3) is 0.120. The first-order valence-corrected chi connectivity index (χ1v) is 10.6. The van der Waals surface area contributed by atoms with Crippen LogP contribution in [0.15, 0.2) is 96.0 Å². The first kappa shape index (κ1) is 20.0. The number of hydrogen-bond acceptors (Lipinski definition) is 4. The van der Waals surface area contributed by atoms with Crippen molar-refractivity contribution in [1.29, 1.82) is 0 Å². The number of pyridine rings is 1. The van der Waals surface area contributed by atoms with Crippen LogP contribution in [0.5, 0.6) is 5.75 Å². The Hall–Kier alpha value is -3.31. The Kier molecular flexibility index (Phi) is 6.30. The summed E-state index contributed by atoms with van der Waals surface area (Å²) in [4.78, 5) is 17.1. The lowest BCUT2D eigenvalue weighted by Crippen LogP contribution is -2.19. The molecule has 4 aromatic rings. The number of carboxylic acid groups (broad SMARTS) is 1. The van der Waals surface area contributed by atoms with E-state index in [4.69, 9.17) is 4.74 Å². The Balaban J connectivity index is 1.37. The van der Waals surface area contributed by atoms with Crippen molar-refractivity contribution in [3.63, 3.8) is 0 Å². The lowest BCUT2D eigenvalue weighted by Gasteiger charge is -2.13. The normalized spacial score (nSPS) is 11.9. The third kappa shape index (κ3) is 5.19. The van der Waals surface area contributed by atoms with Gasteiger partial charge in [0.2, 0.25) is 0 Å². The van der Waals surface area contributed by atoms with Crippen molar-refractivity contribution < 1.29 is 14.6 Å². The van der Waals surface area contributed by atoms with Crippen LogP contribution >= 0.6 is 11.8 Å². The van der Waals surface area contributed by atoms with Crippen molar-refractivity contribution in [1.82, 2.24) is 4.98 Å². The number of aliphatic carboxylic acids is 1. The molecule has 4 nitrogen and oxygen atoms in total. The van der Waals surface area contributed by atoms with E-state index in [1.807, 2.05) is 85.1 Å². The number of para-hydroxylation sites is 1. The summed E-state index contributed by atoms with van der Waals surface area (Å²) in [6.07, 6.45) is 2.28. The Morgan fingerprint density at radius 3 is 2.43 bits per heavy atom. The number of hydrogen-bond donors (Lipinski definition) is 1. The highest BCUT2D eigenvalue weighted by Gasteiger charge is 2.19.